The lowest BCUT2D eigenvalue weighted by Gasteiger charge is -2.28. The Labute approximate surface area is 179 Å². The van der Waals surface area contributed by atoms with Crippen molar-refractivity contribution in [2.75, 3.05) is 19.6 Å². The predicted molar refractivity (Wildman–Crippen MR) is 114 cm³/mol. The topological polar surface area (TPSA) is 58.4 Å². The minimum Gasteiger partial charge on any atom is -0.355 e. The Bertz CT molecular complexity index is 964. The summed E-state index contributed by atoms with van der Waals surface area (Å²) in [6, 6.07) is 16.8. The van der Waals surface area contributed by atoms with Gasteiger partial charge in [-0.15, -0.1) is 0 Å². The van der Waals surface area contributed by atoms with E-state index in [1.807, 2.05) is 36.4 Å². The van der Waals surface area contributed by atoms with Gasteiger partial charge >= 0.3 is 0 Å². The lowest BCUT2D eigenvalue weighted by atomic mass is 10.1. The van der Waals surface area contributed by atoms with Gasteiger partial charge < -0.3 is 9.84 Å². The van der Waals surface area contributed by atoms with Crippen LogP contribution in [0.3, 0.4) is 0 Å². The van der Waals surface area contributed by atoms with Crippen LogP contribution in [-0.2, 0) is 0 Å². The standard InChI is InChI=1S/C22H21Cl2N3O2/c23-17-7-3-15(4-8-17)20(27-11-1-2-12-27)14-25-22(28)19-13-21(29-26-19)16-5-9-18(24)10-6-16/h3-10,13,20H,1-2,11-12,14H2,(H,25,28)/t20-/m0/s1. The first-order valence-corrected chi connectivity index (χ1v) is 10.4. The van der Waals surface area contributed by atoms with Gasteiger partial charge in [0, 0.05) is 28.2 Å². The van der Waals surface area contributed by atoms with Gasteiger partial charge in [-0.25, -0.2) is 0 Å². The van der Waals surface area contributed by atoms with Crippen molar-refractivity contribution in [3.05, 3.63) is 75.9 Å². The summed E-state index contributed by atoms with van der Waals surface area (Å²) in [7, 11) is 0. The van der Waals surface area contributed by atoms with E-state index in [1.165, 1.54) is 12.8 Å². The second-order valence-corrected chi connectivity index (χ2v) is 7.98. The van der Waals surface area contributed by atoms with Crippen LogP contribution in [0.4, 0.5) is 0 Å². The molecule has 1 N–H and O–H groups in total. The highest BCUT2D eigenvalue weighted by molar-refractivity contribution is 6.30. The lowest BCUT2D eigenvalue weighted by molar-refractivity contribution is 0.0929. The van der Waals surface area contributed by atoms with Crippen LogP contribution in [0.15, 0.2) is 59.1 Å². The molecule has 29 heavy (non-hydrogen) atoms. The van der Waals surface area contributed by atoms with Crippen LogP contribution >= 0.6 is 23.2 Å². The van der Waals surface area contributed by atoms with Crippen LogP contribution in [0.25, 0.3) is 11.3 Å². The highest BCUT2D eigenvalue weighted by Crippen LogP contribution is 2.26. The zero-order valence-electron chi connectivity index (χ0n) is 15.8. The summed E-state index contributed by atoms with van der Waals surface area (Å²) in [4.78, 5) is 15.0. The monoisotopic (exact) mass is 429 g/mol. The molecule has 5 nitrogen and oxygen atoms in total. The minimum absolute atomic E-state index is 0.0985. The fourth-order valence-corrected chi connectivity index (χ4v) is 3.86. The normalized spacial score (nSPS) is 15.4. The van der Waals surface area contributed by atoms with Gasteiger partial charge in [-0.2, -0.15) is 0 Å². The number of nitrogens with one attached hydrogen (secondary N) is 1. The van der Waals surface area contributed by atoms with Gasteiger partial charge in [-0.05, 0) is 67.9 Å². The highest BCUT2D eigenvalue weighted by Gasteiger charge is 2.24. The fourth-order valence-electron chi connectivity index (χ4n) is 3.61. The molecule has 0 saturated carbocycles. The number of nitrogens with zero attached hydrogens (tertiary/aromatic N) is 2. The van der Waals surface area contributed by atoms with Crippen molar-refractivity contribution in [2.24, 2.45) is 0 Å². The summed E-state index contributed by atoms with van der Waals surface area (Å²) in [6.07, 6.45) is 2.34. The average Bonchev–Trinajstić information content (AvgIpc) is 3.42. The van der Waals surface area contributed by atoms with Crippen molar-refractivity contribution in [3.8, 4) is 11.3 Å². The number of halogens is 2. The van der Waals surface area contributed by atoms with E-state index in [1.54, 1.807) is 18.2 Å². The number of rotatable bonds is 6. The SMILES string of the molecule is O=C(NC[C@@H](c1ccc(Cl)cc1)N1CCCC1)c1cc(-c2ccc(Cl)cc2)on1. The van der Waals surface area contributed by atoms with Crippen LogP contribution in [0.1, 0.15) is 34.9 Å². The zero-order valence-corrected chi connectivity index (χ0v) is 17.3. The molecule has 150 valence electrons. The molecular formula is C22H21Cl2N3O2. The summed E-state index contributed by atoms with van der Waals surface area (Å²) in [6.45, 7) is 2.53. The Kier molecular flexibility index (Phi) is 6.19. The van der Waals surface area contributed by atoms with E-state index in [0.29, 0.717) is 22.4 Å². The fraction of sp³-hybridized carbons (Fsp3) is 0.273. The summed E-state index contributed by atoms with van der Waals surface area (Å²) in [5.41, 5.74) is 2.21. The number of carbonyl (C=O) groups excluding carboxylic acids is 1. The number of benzene rings is 2. The minimum atomic E-state index is -0.257. The Morgan fingerprint density at radius 1 is 1.03 bits per heavy atom. The van der Waals surface area contributed by atoms with Gasteiger partial charge in [-0.3, -0.25) is 9.69 Å². The van der Waals surface area contributed by atoms with Crippen LogP contribution in [0.5, 0.6) is 0 Å². The third-order valence-electron chi connectivity index (χ3n) is 5.16. The van der Waals surface area contributed by atoms with Crippen LogP contribution < -0.4 is 5.32 Å². The molecule has 0 unspecified atom stereocenters. The first-order chi connectivity index (χ1) is 14.1. The molecule has 2 aromatic carbocycles. The maximum absolute atomic E-state index is 12.7. The molecule has 0 aliphatic carbocycles. The Morgan fingerprint density at radius 2 is 1.66 bits per heavy atom. The van der Waals surface area contributed by atoms with Crippen molar-refractivity contribution >= 4 is 29.1 Å². The first kappa shape index (κ1) is 20.0. The molecule has 4 rings (SSSR count). The zero-order chi connectivity index (χ0) is 20.2. The molecule has 0 radical (unpaired) electrons. The van der Waals surface area contributed by atoms with Gasteiger partial charge in [0.25, 0.3) is 5.91 Å². The summed E-state index contributed by atoms with van der Waals surface area (Å²) < 4.78 is 5.34. The van der Waals surface area contributed by atoms with Crippen molar-refractivity contribution in [1.82, 2.24) is 15.4 Å². The molecule has 7 heteroatoms. The van der Waals surface area contributed by atoms with Gasteiger partial charge in [0.2, 0.25) is 0 Å². The number of amides is 1. The van der Waals surface area contributed by atoms with E-state index in [0.717, 1.165) is 24.2 Å². The number of hydrogen-bond donors (Lipinski definition) is 1. The summed E-state index contributed by atoms with van der Waals surface area (Å²) in [5, 5.41) is 8.27. The molecule has 0 bridgehead atoms. The lowest BCUT2D eigenvalue weighted by Crippen LogP contribution is -2.36. The molecule has 0 spiro atoms. The van der Waals surface area contributed by atoms with Gasteiger partial charge in [-0.1, -0.05) is 40.5 Å². The third-order valence-corrected chi connectivity index (χ3v) is 5.67. The van der Waals surface area contributed by atoms with E-state index in [2.05, 4.69) is 15.4 Å². The first-order valence-electron chi connectivity index (χ1n) is 9.60. The molecule has 3 aromatic rings. The number of carbonyl (C=O) groups is 1. The van der Waals surface area contributed by atoms with Crippen LogP contribution in [0.2, 0.25) is 10.0 Å². The summed E-state index contributed by atoms with van der Waals surface area (Å²) >= 11 is 12.0. The van der Waals surface area contributed by atoms with Gasteiger partial charge in [0.15, 0.2) is 11.5 Å². The molecule has 1 atom stereocenters. The van der Waals surface area contributed by atoms with E-state index in [4.69, 9.17) is 27.7 Å². The third kappa shape index (κ3) is 4.81. The molecule has 1 saturated heterocycles. The molecular weight excluding hydrogens is 409 g/mol. The maximum Gasteiger partial charge on any atom is 0.273 e. The molecule has 1 aromatic heterocycles. The molecule has 1 aliphatic rings. The smallest absolute Gasteiger partial charge is 0.273 e. The van der Waals surface area contributed by atoms with Crippen molar-refractivity contribution < 1.29 is 9.32 Å². The highest BCUT2D eigenvalue weighted by atomic mass is 35.5. The molecule has 2 heterocycles. The Balaban J connectivity index is 1.45. The van der Waals surface area contributed by atoms with E-state index >= 15 is 0 Å². The second kappa shape index (κ2) is 8.99. The van der Waals surface area contributed by atoms with E-state index < -0.39 is 0 Å². The van der Waals surface area contributed by atoms with E-state index in [-0.39, 0.29) is 17.6 Å². The molecule has 1 fully saturated rings. The largest absolute Gasteiger partial charge is 0.355 e. The van der Waals surface area contributed by atoms with Crippen molar-refractivity contribution in [2.45, 2.75) is 18.9 Å². The number of aromatic nitrogens is 1. The maximum atomic E-state index is 12.7. The quantitative estimate of drug-likeness (QED) is 0.583. The number of likely N-dealkylation sites (tertiary alicyclic amines) is 1. The van der Waals surface area contributed by atoms with Crippen molar-refractivity contribution in [1.29, 1.82) is 0 Å². The number of hydrogen-bond acceptors (Lipinski definition) is 4. The second-order valence-electron chi connectivity index (χ2n) is 7.10. The average molecular weight is 430 g/mol. The Morgan fingerprint density at radius 3 is 2.31 bits per heavy atom. The summed E-state index contributed by atoms with van der Waals surface area (Å²) in [5.74, 6) is 0.271. The van der Waals surface area contributed by atoms with Crippen molar-refractivity contribution in [3.63, 3.8) is 0 Å². The molecule has 1 amide bonds. The van der Waals surface area contributed by atoms with Gasteiger partial charge in [0.05, 0.1) is 6.04 Å². The molecule has 1 aliphatic heterocycles. The predicted octanol–water partition coefficient (Wildman–Crippen LogP) is 5.22. The van der Waals surface area contributed by atoms with E-state index in [9.17, 15) is 4.79 Å². The Hall–Kier alpha value is -2.34. The van der Waals surface area contributed by atoms with Crippen LogP contribution in [0, 0.1) is 0 Å². The van der Waals surface area contributed by atoms with Crippen LogP contribution in [-0.4, -0.2) is 35.6 Å². The van der Waals surface area contributed by atoms with Gasteiger partial charge in [0.1, 0.15) is 0 Å².